The number of carbonyl (C=O) groups excluding carboxylic acids is 1. The number of thiol groups is 1. The van der Waals surface area contributed by atoms with Crippen LogP contribution in [0.2, 0.25) is 5.02 Å². The van der Waals surface area contributed by atoms with Crippen molar-refractivity contribution >= 4 is 47.9 Å². The molecule has 0 bridgehead atoms. The van der Waals surface area contributed by atoms with Gasteiger partial charge in [-0.3, -0.25) is 4.79 Å². The molecule has 0 radical (unpaired) electrons. The Bertz CT molecular complexity index is 781. The smallest absolute Gasteiger partial charge is 0.327 e. The van der Waals surface area contributed by atoms with Crippen LogP contribution in [0.3, 0.4) is 0 Å². The van der Waals surface area contributed by atoms with Crippen LogP contribution in [0.5, 0.6) is 0 Å². The summed E-state index contributed by atoms with van der Waals surface area (Å²) >= 11 is 11.6. The molecule has 2 rings (SSSR count). The lowest BCUT2D eigenvalue weighted by atomic mass is 10.00. The van der Waals surface area contributed by atoms with Gasteiger partial charge in [0.25, 0.3) is 0 Å². The quantitative estimate of drug-likeness (QED) is 0.486. The zero-order valence-corrected chi connectivity index (χ0v) is 18.1. The summed E-state index contributed by atoms with van der Waals surface area (Å²) in [4.78, 5) is 24.1. The molecule has 2 N–H and O–H groups in total. The number of halogens is 1. The fourth-order valence-corrected chi connectivity index (χ4v) is 4.02. The fourth-order valence-electron chi connectivity index (χ4n) is 2.59. The lowest BCUT2D eigenvalue weighted by Gasteiger charge is -2.19. The molecule has 2 atom stereocenters. The largest absolute Gasteiger partial charge is 0.480 e. The third-order valence-corrected chi connectivity index (χ3v) is 6.07. The molecule has 0 saturated carbocycles. The number of thioether (sulfide) groups is 1. The Morgan fingerprint density at radius 3 is 2.29 bits per heavy atom. The van der Waals surface area contributed by atoms with Crippen molar-refractivity contribution in [3.05, 3.63) is 70.2 Å². The van der Waals surface area contributed by atoms with E-state index in [1.54, 1.807) is 12.1 Å². The number of hydrogen-bond acceptors (Lipinski definition) is 4. The summed E-state index contributed by atoms with van der Waals surface area (Å²) in [6.07, 6.45) is 0.481. The number of carboxylic acid groups (broad SMARTS) is 1. The van der Waals surface area contributed by atoms with Crippen molar-refractivity contribution in [1.29, 1.82) is 0 Å². The van der Waals surface area contributed by atoms with E-state index in [1.807, 2.05) is 43.3 Å². The monoisotopic (exact) mass is 437 g/mol. The molecule has 28 heavy (non-hydrogen) atoms. The van der Waals surface area contributed by atoms with Crippen molar-refractivity contribution in [2.45, 2.75) is 25.1 Å². The van der Waals surface area contributed by atoms with Gasteiger partial charge >= 0.3 is 5.97 Å². The summed E-state index contributed by atoms with van der Waals surface area (Å²) in [5.74, 6) is -0.413. The summed E-state index contributed by atoms with van der Waals surface area (Å²) < 4.78 is 0. The van der Waals surface area contributed by atoms with Crippen molar-refractivity contribution in [3.8, 4) is 0 Å². The topological polar surface area (TPSA) is 66.4 Å². The number of carboxylic acids is 1. The number of nitrogens with one attached hydrogen (secondary N) is 1. The van der Waals surface area contributed by atoms with E-state index in [4.69, 9.17) is 11.6 Å². The predicted molar refractivity (Wildman–Crippen MR) is 119 cm³/mol. The molecule has 2 aromatic rings. The highest BCUT2D eigenvalue weighted by molar-refractivity contribution is 7.98. The summed E-state index contributed by atoms with van der Waals surface area (Å²) in [6.45, 7) is 2.02. The molecule has 0 fully saturated rings. The number of benzene rings is 2. The van der Waals surface area contributed by atoms with Crippen molar-refractivity contribution in [3.63, 3.8) is 0 Å². The van der Waals surface area contributed by atoms with Gasteiger partial charge in [-0.05, 0) is 36.6 Å². The van der Waals surface area contributed by atoms with Gasteiger partial charge in [-0.2, -0.15) is 24.4 Å². The normalized spacial score (nSPS) is 13.0. The van der Waals surface area contributed by atoms with Gasteiger partial charge in [-0.1, -0.05) is 53.6 Å². The van der Waals surface area contributed by atoms with Gasteiger partial charge in [0.15, 0.2) is 0 Å². The molecular weight excluding hydrogens is 414 g/mol. The van der Waals surface area contributed by atoms with Gasteiger partial charge in [-0.15, -0.1) is 0 Å². The standard InChI is InChI=1S/C21H24ClNO3S2/c1-14-2-4-16(5-3-14)12-28-13-19(21(25)26)23-20(24)17(11-27)10-15-6-8-18(22)9-7-15/h2-9,17,19,27H,10-13H2,1H3,(H,23,24)(H,25,26)/t17-,19+/m1/s1. The minimum Gasteiger partial charge on any atom is -0.480 e. The molecule has 150 valence electrons. The van der Waals surface area contributed by atoms with E-state index < -0.39 is 17.9 Å². The van der Waals surface area contributed by atoms with E-state index in [1.165, 1.54) is 17.3 Å². The first-order valence-corrected chi connectivity index (χ1v) is 11.1. The van der Waals surface area contributed by atoms with Crippen LogP contribution in [0, 0.1) is 12.8 Å². The Labute approximate surface area is 180 Å². The van der Waals surface area contributed by atoms with Gasteiger partial charge < -0.3 is 10.4 Å². The second-order valence-corrected chi connectivity index (χ2v) is 8.44. The SMILES string of the molecule is Cc1ccc(CSC[C@H](NC(=O)[C@@H](CS)Cc2ccc(Cl)cc2)C(=O)O)cc1. The van der Waals surface area contributed by atoms with Crippen LogP contribution < -0.4 is 5.32 Å². The number of hydrogen-bond donors (Lipinski definition) is 3. The average molecular weight is 438 g/mol. The van der Waals surface area contributed by atoms with E-state index in [0.29, 0.717) is 28.7 Å². The lowest BCUT2D eigenvalue weighted by Crippen LogP contribution is -2.46. The van der Waals surface area contributed by atoms with Crippen molar-refractivity contribution < 1.29 is 14.7 Å². The minimum absolute atomic E-state index is 0.298. The van der Waals surface area contributed by atoms with Crippen LogP contribution in [0.25, 0.3) is 0 Å². The van der Waals surface area contributed by atoms with Crippen LogP contribution in [-0.2, 0) is 21.8 Å². The zero-order chi connectivity index (χ0) is 20.5. The molecule has 4 nitrogen and oxygen atoms in total. The first-order valence-electron chi connectivity index (χ1n) is 8.91. The molecule has 0 unspecified atom stereocenters. The minimum atomic E-state index is -1.03. The third kappa shape index (κ3) is 7.41. The second-order valence-electron chi connectivity index (χ2n) is 6.61. The van der Waals surface area contributed by atoms with Gasteiger partial charge in [0, 0.05) is 22.3 Å². The first kappa shape index (κ1) is 22.7. The van der Waals surface area contributed by atoms with Crippen molar-refractivity contribution in [1.82, 2.24) is 5.32 Å². The van der Waals surface area contributed by atoms with Gasteiger partial charge in [-0.25, -0.2) is 4.79 Å². The molecule has 0 aliphatic heterocycles. The second kappa shape index (κ2) is 11.4. The third-order valence-electron chi connectivity index (χ3n) is 4.27. The lowest BCUT2D eigenvalue weighted by molar-refractivity contribution is -0.141. The Kier molecular flexibility index (Phi) is 9.22. The van der Waals surface area contributed by atoms with E-state index in [-0.39, 0.29) is 5.91 Å². The van der Waals surface area contributed by atoms with Crippen molar-refractivity contribution in [2.24, 2.45) is 5.92 Å². The summed E-state index contributed by atoms with van der Waals surface area (Å²) in [7, 11) is 0. The zero-order valence-electron chi connectivity index (χ0n) is 15.6. The highest BCUT2D eigenvalue weighted by Gasteiger charge is 2.24. The van der Waals surface area contributed by atoms with E-state index in [9.17, 15) is 14.7 Å². The molecule has 7 heteroatoms. The Balaban J connectivity index is 1.89. The van der Waals surface area contributed by atoms with Crippen LogP contribution in [0.4, 0.5) is 0 Å². The van der Waals surface area contributed by atoms with Crippen LogP contribution in [0.1, 0.15) is 16.7 Å². The van der Waals surface area contributed by atoms with E-state index in [2.05, 4.69) is 17.9 Å². The highest BCUT2D eigenvalue weighted by atomic mass is 35.5. The Morgan fingerprint density at radius 1 is 1.11 bits per heavy atom. The van der Waals surface area contributed by atoms with Crippen LogP contribution in [-0.4, -0.2) is 34.5 Å². The summed E-state index contributed by atoms with van der Waals surface area (Å²) in [6, 6.07) is 14.4. The van der Waals surface area contributed by atoms with E-state index >= 15 is 0 Å². The number of aliphatic carboxylic acids is 1. The Morgan fingerprint density at radius 2 is 1.71 bits per heavy atom. The number of carbonyl (C=O) groups is 2. The van der Waals surface area contributed by atoms with Gasteiger partial charge in [0.05, 0.1) is 5.92 Å². The molecule has 0 spiro atoms. The maximum absolute atomic E-state index is 12.6. The number of rotatable bonds is 10. The molecule has 0 aromatic heterocycles. The maximum atomic E-state index is 12.6. The summed E-state index contributed by atoms with van der Waals surface area (Å²) in [5, 5.41) is 12.8. The molecule has 1 amide bonds. The molecule has 2 aromatic carbocycles. The van der Waals surface area contributed by atoms with Gasteiger partial charge in [0.2, 0.25) is 5.91 Å². The number of amides is 1. The maximum Gasteiger partial charge on any atom is 0.327 e. The molecule has 0 heterocycles. The van der Waals surface area contributed by atoms with E-state index in [0.717, 1.165) is 11.1 Å². The van der Waals surface area contributed by atoms with Gasteiger partial charge in [0.1, 0.15) is 6.04 Å². The number of aryl methyl sites for hydroxylation is 1. The molecule has 0 aliphatic rings. The van der Waals surface area contributed by atoms with Crippen LogP contribution >= 0.6 is 36.0 Å². The summed E-state index contributed by atoms with van der Waals surface area (Å²) in [5.41, 5.74) is 3.27. The molecule has 0 saturated heterocycles. The highest BCUT2D eigenvalue weighted by Crippen LogP contribution is 2.17. The van der Waals surface area contributed by atoms with Crippen molar-refractivity contribution in [2.75, 3.05) is 11.5 Å². The first-order chi connectivity index (χ1) is 13.4. The Hall–Kier alpha value is -1.63. The average Bonchev–Trinajstić information content (AvgIpc) is 2.68. The molecular formula is C21H24ClNO3S2. The predicted octanol–water partition coefficient (Wildman–Crippen LogP) is 4.24. The fraction of sp³-hybridized carbons (Fsp3) is 0.333. The van der Waals surface area contributed by atoms with Crippen LogP contribution in [0.15, 0.2) is 48.5 Å². The molecule has 0 aliphatic carbocycles.